The number of ether oxygens (including phenoxy) is 1. The molecule has 0 amide bonds. The maximum Gasteiger partial charge on any atom is 0.341 e. The van der Waals surface area contributed by atoms with Crippen LogP contribution in [0.4, 0.5) is 8.78 Å². The van der Waals surface area contributed by atoms with Crippen molar-refractivity contribution in [1.29, 1.82) is 0 Å². The predicted molar refractivity (Wildman–Crippen MR) is 48.3 cm³/mol. The van der Waals surface area contributed by atoms with Gasteiger partial charge in [0, 0.05) is 13.3 Å². The van der Waals surface area contributed by atoms with Crippen molar-refractivity contribution in [3.05, 3.63) is 11.3 Å². The summed E-state index contributed by atoms with van der Waals surface area (Å²) in [6.07, 6.45) is -1.94. The van der Waals surface area contributed by atoms with Crippen molar-refractivity contribution in [1.82, 2.24) is 0 Å². The molecule has 14 heavy (non-hydrogen) atoms. The molecule has 0 unspecified atom stereocenters. The van der Waals surface area contributed by atoms with Crippen LogP contribution in [0.3, 0.4) is 0 Å². The van der Waals surface area contributed by atoms with E-state index in [9.17, 15) is 13.6 Å². The molecule has 4 nitrogen and oxygen atoms in total. The first kappa shape index (κ1) is 12.5. The molecule has 0 rings (SSSR count). The summed E-state index contributed by atoms with van der Waals surface area (Å²) in [5, 5.41) is 0. The summed E-state index contributed by atoms with van der Waals surface area (Å²) in [7, 11) is 1.35. The van der Waals surface area contributed by atoms with Gasteiger partial charge >= 0.3 is 5.97 Å². The maximum atomic E-state index is 12.2. The van der Waals surface area contributed by atoms with E-state index in [0.29, 0.717) is 0 Å². The van der Waals surface area contributed by atoms with Gasteiger partial charge in [-0.05, 0) is 6.92 Å². The molecule has 0 fully saturated rings. The Hall–Kier alpha value is -1.46. The molecule has 0 saturated carbocycles. The third-order valence-electron chi connectivity index (χ3n) is 1.30. The molecular formula is C8H12F2N2O2. The van der Waals surface area contributed by atoms with Crippen molar-refractivity contribution in [2.24, 2.45) is 10.7 Å². The molecule has 0 aliphatic rings. The predicted octanol–water partition coefficient (Wildman–Crippen LogP) is 0.728. The van der Waals surface area contributed by atoms with Crippen LogP contribution in [-0.2, 0) is 9.53 Å². The van der Waals surface area contributed by atoms with Crippen LogP contribution in [0.25, 0.3) is 0 Å². The fourth-order valence-corrected chi connectivity index (χ4v) is 0.701. The van der Waals surface area contributed by atoms with E-state index in [1.807, 2.05) is 0 Å². The van der Waals surface area contributed by atoms with Crippen LogP contribution < -0.4 is 5.73 Å². The standard InChI is InChI=1S/C8H12F2N2O2/c1-3-14-8(13)5(4-12-2)6(11)7(9)10/h4,7H,3,11H2,1-2H3. The second-order valence-electron chi connectivity index (χ2n) is 2.28. The van der Waals surface area contributed by atoms with Gasteiger partial charge in [0.05, 0.1) is 12.3 Å². The summed E-state index contributed by atoms with van der Waals surface area (Å²) in [5.74, 6) is -0.893. The zero-order valence-corrected chi connectivity index (χ0v) is 7.96. The second kappa shape index (κ2) is 6.06. The smallest absolute Gasteiger partial charge is 0.341 e. The third kappa shape index (κ3) is 3.51. The molecule has 0 radical (unpaired) electrons. The van der Waals surface area contributed by atoms with E-state index >= 15 is 0 Å². The zero-order chi connectivity index (χ0) is 11.1. The number of carbonyl (C=O) groups excluding carboxylic acids is 1. The van der Waals surface area contributed by atoms with Crippen LogP contribution in [0.1, 0.15) is 6.92 Å². The number of hydrogen-bond acceptors (Lipinski definition) is 4. The minimum atomic E-state index is -2.90. The number of allylic oxidation sites excluding steroid dienone is 1. The van der Waals surface area contributed by atoms with E-state index in [4.69, 9.17) is 5.73 Å². The van der Waals surface area contributed by atoms with Crippen LogP contribution in [-0.4, -0.2) is 32.3 Å². The molecule has 0 aliphatic heterocycles. The first-order chi connectivity index (χ1) is 6.54. The fourth-order valence-electron chi connectivity index (χ4n) is 0.701. The molecular weight excluding hydrogens is 194 g/mol. The summed E-state index contributed by atoms with van der Waals surface area (Å²) in [4.78, 5) is 14.5. The number of esters is 1. The molecule has 0 spiro atoms. The van der Waals surface area contributed by atoms with Crippen LogP contribution in [0.15, 0.2) is 16.3 Å². The highest BCUT2D eigenvalue weighted by Gasteiger charge is 2.18. The van der Waals surface area contributed by atoms with Crippen LogP contribution >= 0.6 is 0 Å². The van der Waals surface area contributed by atoms with E-state index in [2.05, 4.69) is 9.73 Å². The molecule has 0 heterocycles. The largest absolute Gasteiger partial charge is 0.462 e. The minimum absolute atomic E-state index is 0.0937. The fraction of sp³-hybridized carbons (Fsp3) is 0.500. The highest BCUT2D eigenvalue weighted by atomic mass is 19.3. The molecule has 0 aromatic rings. The minimum Gasteiger partial charge on any atom is -0.462 e. The van der Waals surface area contributed by atoms with Gasteiger partial charge in [0.1, 0.15) is 5.57 Å². The van der Waals surface area contributed by atoms with Crippen molar-refractivity contribution in [3.63, 3.8) is 0 Å². The van der Waals surface area contributed by atoms with Gasteiger partial charge in [-0.1, -0.05) is 0 Å². The monoisotopic (exact) mass is 206 g/mol. The number of alkyl halides is 2. The summed E-state index contributed by atoms with van der Waals surface area (Å²) >= 11 is 0. The Morgan fingerprint density at radius 3 is 2.57 bits per heavy atom. The van der Waals surface area contributed by atoms with Crippen LogP contribution in [0.5, 0.6) is 0 Å². The molecule has 0 aromatic heterocycles. The average molecular weight is 206 g/mol. The Bertz CT molecular complexity index is 262. The highest BCUT2D eigenvalue weighted by Crippen LogP contribution is 2.08. The van der Waals surface area contributed by atoms with E-state index in [0.717, 1.165) is 6.21 Å². The van der Waals surface area contributed by atoms with Crippen molar-refractivity contribution >= 4 is 12.2 Å². The lowest BCUT2D eigenvalue weighted by atomic mass is 10.2. The Balaban J connectivity index is 4.93. The van der Waals surface area contributed by atoms with Gasteiger partial charge in [-0.2, -0.15) is 0 Å². The lowest BCUT2D eigenvalue weighted by Gasteiger charge is -2.05. The normalized spacial score (nSPS) is 13.2. The topological polar surface area (TPSA) is 64.7 Å². The molecule has 0 aliphatic carbocycles. The van der Waals surface area contributed by atoms with Gasteiger partial charge in [-0.15, -0.1) is 0 Å². The van der Waals surface area contributed by atoms with Gasteiger partial charge in [0.2, 0.25) is 0 Å². The maximum absolute atomic E-state index is 12.2. The summed E-state index contributed by atoms with van der Waals surface area (Å²) in [6, 6.07) is 0. The Labute approximate surface area is 80.4 Å². The number of halogens is 2. The molecule has 0 aromatic carbocycles. The number of nitrogens with two attached hydrogens (primary N) is 1. The van der Waals surface area contributed by atoms with E-state index in [1.54, 1.807) is 6.92 Å². The first-order valence-corrected chi connectivity index (χ1v) is 3.91. The Kier molecular flexibility index (Phi) is 5.43. The van der Waals surface area contributed by atoms with Gasteiger partial charge in [0.15, 0.2) is 0 Å². The van der Waals surface area contributed by atoms with Gasteiger partial charge < -0.3 is 10.5 Å². The number of carbonyl (C=O) groups is 1. The Morgan fingerprint density at radius 2 is 2.21 bits per heavy atom. The Morgan fingerprint density at radius 1 is 1.64 bits per heavy atom. The lowest BCUT2D eigenvalue weighted by molar-refractivity contribution is -0.138. The molecule has 0 bridgehead atoms. The van der Waals surface area contributed by atoms with Crippen molar-refractivity contribution < 1.29 is 18.3 Å². The first-order valence-electron chi connectivity index (χ1n) is 3.91. The lowest BCUT2D eigenvalue weighted by Crippen LogP contribution is -2.19. The van der Waals surface area contributed by atoms with Crippen molar-refractivity contribution in [2.75, 3.05) is 13.7 Å². The molecule has 0 saturated heterocycles. The molecule has 0 atom stereocenters. The second-order valence-corrected chi connectivity index (χ2v) is 2.28. The SMILES string of the molecule is CCOC(=O)C(C=NC)=C(N)C(F)F. The number of nitrogens with zero attached hydrogens (tertiary/aromatic N) is 1. The summed E-state index contributed by atoms with van der Waals surface area (Å²) in [5.41, 5.74) is 3.79. The van der Waals surface area contributed by atoms with Gasteiger partial charge in [-0.25, -0.2) is 13.6 Å². The molecule has 2 N–H and O–H groups in total. The number of hydrogen-bond donors (Lipinski definition) is 1. The van der Waals surface area contributed by atoms with Gasteiger partial charge in [-0.3, -0.25) is 4.99 Å². The van der Waals surface area contributed by atoms with Gasteiger partial charge in [0.25, 0.3) is 6.43 Å². The number of aliphatic imine (C=N–C) groups is 1. The van der Waals surface area contributed by atoms with Crippen LogP contribution in [0.2, 0.25) is 0 Å². The summed E-state index contributed by atoms with van der Waals surface area (Å²) < 4.78 is 28.8. The van der Waals surface area contributed by atoms with Crippen molar-refractivity contribution in [3.8, 4) is 0 Å². The third-order valence-corrected chi connectivity index (χ3v) is 1.30. The summed E-state index contributed by atoms with van der Waals surface area (Å²) in [6.45, 7) is 1.66. The number of rotatable bonds is 4. The van der Waals surface area contributed by atoms with E-state index in [-0.39, 0.29) is 6.61 Å². The van der Waals surface area contributed by atoms with Crippen LogP contribution in [0, 0.1) is 0 Å². The molecule has 6 heteroatoms. The molecule has 80 valence electrons. The van der Waals surface area contributed by atoms with E-state index in [1.165, 1.54) is 7.05 Å². The van der Waals surface area contributed by atoms with E-state index < -0.39 is 23.7 Å². The average Bonchev–Trinajstić information content (AvgIpc) is 2.13. The highest BCUT2D eigenvalue weighted by molar-refractivity contribution is 6.10. The quantitative estimate of drug-likeness (QED) is 0.419. The van der Waals surface area contributed by atoms with Crippen molar-refractivity contribution in [2.45, 2.75) is 13.3 Å². The zero-order valence-electron chi connectivity index (χ0n) is 7.96.